The minimum Gasteiger partial charge on any atom is -0.456 e. The zero-order valence-electron chi connectivity index (χ0n) is 25.4. The lowest BCUT2D eigenvalue weighted by Gasteiger charge is -2.24. The van der Waals surface area contributed by atoms with Crippen LogP contribution in [-0.4, -0.2) is 16.7 Å². The zero-order chi connectivity index (χ0) is 31.3. The fourth-order valence-corrected chi connectivity index (χ4v) is 7.77. The number of fused-ring (bicyclic) bond motifs is 9. The second-order valence-corrected chi connectivity index (χ2v) is 12.4. The highest BCUT2D eigenvalue weighted by Gasteiger charge is 2.28. The molecule has 6 nitrogen and oxygen atoms in total. The average molecular weight is 617 g/mol. The minimum absolute atomic E-state index is 0.531. The Morgan fingerprint density at radius 2 is 1.04 bits per heavy atom. The predicted octanol–water partition coefficient (Wildman–Crippen LogP) is 10.2. The van der Waals surface area contributed by atoms with E-state index < -0.39 is 6.17 Å². The van der Waals surface area contributed by atoms with Crippen LogP contribution in [0.25, 0.3) is 76.9 Å². The smallest absolute Gasteiger partial charge is 0.170 e. The number of nitrogens with one attached hydrogen (secondary N) is 1. The van der Waals surface area contributed by atoms with Crippen LogP contribution in [0, 0.1) is 0 Å². The number of aromatic nitrogens is 1. The molecule has 224 valence electrons. The van der Waals surface area contributed by atoms with Gasteiger partial charge in [0.2, 0.25) is 0 Å². The van der Waals surface area contributed by atoms with Gasteiger partial charge < -0.3 is 14.2 Å². The first-order chi connectivity index (χ1) is 23.8. The number of amidine groups is 2. The summed E-state index contributed by atoms with van der Waals surface area (Å²) in [4.78, 5) is 15.0. The zero-order valence-corrected chi connectivity index (χ0v) is 25.4. The second-order valence-electron chi connectivity index (χ2n) is 12.4. The Hall–Kier alpha value is -6.53. The van der Waals surface area contributed by atoms with E-state index in [9.17, 15) is 0 Å². The molecule has 9 aromatic rings. The van der Waals surface area contributed by atoms with Crippen LogP contribution in [0.3, 0.4) is 0 Å². The van der Waals surface area contributed by atoms with Crippen LogP contribution >= 0.6 is 0 Å². The molecule has 0 radical (unpaired) electrons. The number of nitrogens with zero attached hydrogens (tertiary/aromatic N) is 3. The highest BCUT2D eigenvalue weighted by molar-refractivity contribution is 6.27. The summed E-state index contributed by atoms with van der Waals surface area (Å²) < 4.78 is 12.5. The lowest BCUT2D eigenvalue weighted by molar-refractivity contribution is 0.667. The van der Waals surface area contributed by atoms with Gasteiger partial charge in [0.15, 0.2) is 11.7 Å². The van der Waals surface area contributed by atoms with Crippen molar-refractivity contribution >= 4 is 66.3 Å². The molecule has 1 atom stereocenters. The quantitative estimate of drug-likeness (QED) is 0.214. The van der Waals surface area contributed by atoms with Crippen LogP contribution in [-0.2, 0) is 0 Å². The number of pyridine rings is 1. The Balaban J connectivity index is 1.18. The van der Waals surface area contributed by atoms with Crippen molar-refractivity contribution in [2.24, 2.45) is 9.98 Å². The molecule has 1 unspecified atom stereocenters. The van der Waals surface area contributed by atoms with Crippen molar-refractivity contribution in [3.05, 3.63) is 150 Å². The van der Waals surface area contributed by atoms with Gasteiger partial charge in [0, 0.05) is 44.4 Å². The molecule has 0 saturated carbocycles. The summed E-state index contributed by atoms with van der Waals surface area (Å²) in [7, 11) is 0. The molecule has 2 aliphatic rings. The van der Waals surface area contributed by atoms with Gasteiger partial charge in [-0.1, -0.05) is 97.1 Å². The molecular formula is C42H24N4O2. The molecule has 48 heavy (non-hydrogen) atoms. The Bertz CT molecular complexity index is 2860. The molecule has 3 aromatic heterocycles. The molecule has 1 aliphatic carbocycles. The molecule has 11 rings (SSSR count). The standard InChI is InChI=1S/C42H24N4O2/c1-2-9-24-23(8-1)25-11-5-12-26-28(19-18-27(24)37(25)26)40-44-41(31-13-6-16-34-38(31)29-10-3-4-15-33(29)47-34)46-42(45-40)32-14-7-17-35-39(32)30-20-21-43-22-36(30)48-35/h1-22,41H,(H,44,45,46). The van der Waals surface area contributed by atoms with Gasteiger partial charge in [0.25, 0.3) is 0 Å². The summed E-state index contributed by atoms with van der Waals surface area (Å²) in [5.74, 6) is 1.49. The maximum Gasteiger partial charge on any atom is 0.170 e. The number of rotatable bonds is 3. The van der Waals surface area contributed by atoms with E-state index in [4.69, 9.17) is 18.8 Å². The second kappa shape index (κ2) is 9.50. The third-order valence-electron chi connectivity index (χ3n) is 9.81. The van der Waals surface area contributed by atoms with Crippen molar-refractivity contribution in [2.75, 3.05) is 0 Å². The topological polar surface area (TPSA) is 75.9 Å². The van der Waals surface area contributed by atoms with Crippen LogP contribution in [0.4, 0.5) is 0 Å². The molecule has 0 bridgehead atoms. The normalized spacial score (nSPS) is 15.3. The van der Waals surface area contributed by atoms with E-state index in [0.29, 0.717) is 0 Å². The number of aliphatic imine (C=N–C) groups is 2. The summed E-state index contributed by atoms with van der Waals surface area (Å²) in [6.45, 7) is 0. The van der Waals surface area contributed by atoms with Gasteiger partial charge in [-0.05, 0) is 57.3 Å². The lowest BCUT2D eigenvalue weighted by atomic mass is 9.97. The Kier molecular flexibility index (Phi) is 5.07. The SMILES string of the molecule is c1ccc2c(c1)-c1cccc3c(C4=NC(c5cccc6oc7ccccc7c56)N=C(c5cccc6oc7cnccc7c56)N4)ccc-2c13. The highest BCUT2D eigenvalue weighted by Crippen LogP contribution is 2.48. The molecule has 4 heterocycles. The van der Waals surface area contributed by atoms with Crippen LogP contribution in [0.5, 0.6) is 0 Å². The van der Waals surface area contributed by atoms with E-state index in [-0.39, 0.29) is 0 Å². The number of benzene rings is 6. The van der Waals surface area contributed by atoms with Gasteiger partial charge in [-0.3, -0.25) is 4.98 Å². The van der Waals surface area contributed by atoms with Gasteiger partial charge in [-0.15, -0.1) is 0 Å². The molecule has 0 spiro atoms. The van der Waals surface area contributed by atoms with Crippen molar-refractivity contribution in [3.8, 4) is 22.3 Å². The molecule has 6 aromatic carbocycles. The van der Waals surface area contributed by atoms with E-state index in [2.05, 4.69) is 83.1 Å². The van der Waals surface area contributed by atoms with Crippen LogP contribution in [0.2, 0.25) is 0 Å². The third-order valence-corrected chi connectivity index (χ3v) is 9.81. The third kappa shape index (κ3) is 3.48. The predicted molar refractivity (Wildman–Crippen MR) is 193 cm³/mol. The molecule has 0 fully saturated rings. The molecule has 0 saturated heterocycles. The van der Waals surface area contributed by atoms with E-state index >= 15 is 0 Å². The van der Waals surface area contributed by atoms with Crippen molar-refractivity contribution in [1.82, 2.24) is 10.3 Å². The Labute approximate surface area is 273 Å². The number of hydrogen-bond acceptors (Lipinski definition) is 6. The van der Waals surface area contributed by atoms with Crippen molar-refractivity contribution in [3.63, 3.8) is 0 Å². The minimum atomic E-state index is -0.531. The largest absolute Gasteiger partial charge is 0.456 e. The molecular weight excluding hydrogens is 592 g/mol. The molecule has 6 heteroatoms. The maximum absolute atomic E-state index is 6.29. The first kappa shape index (κ1) is 25.6. The van der Waals surface area contributed by atoms with E-state index in [1.54, 1.807) is 12.4 Å². The average Bonchev–Trinajstić information content (AvgIpc) is 3.82. The first-order valence-electron chi connectivity index (χ1n) is 16.0. The molecule has 1 N–H and O–H groups in total. The summed E-state index contributed by atoms with van der Waals surface area (Å²) in [5, 5.41) is 10.2. The number of para-hydroxylation sites is 1. The molecule has 0 amide bonds. The summed E-state index contributed by atoms with van der Waals surface area (Å²) >= 11 is 0. The first-order valence-corrected chi connectivity index (χ1v) is 16.0. The Morgan fingerprint density at radius 1 is 0.438 bits per heavy atom. The van der Waals surface area contributed by atoms with Gasteiger partial charge in [0.05, 0.1) is 6.20 Å². The van der Waals surface area contributed by atoms with Gasteiger partial charge in [-0.25, -0.2) is 9.98 Å². The highest BCUT2D eigenvalue weighted by atomic mass is 16.3. The van der Waals surface area contributed by atoms with Crippen LogP contribution < -0.4 is 5.32 Å². The van der Waals surface area contributed by atoms with Gasteiger partial charge in [-0.2, -0.15) is 0 Å². The van der Waals surface area contributed by atoms with Gasteiger partial charge in [0.1, 0.15) is 28.4 Å². The maximum atomic E-state index is 6.29. The molecule has 1 aliphatic heterocycles. The van der Waals surface area contributed by atoms with E-state index in [0.717, 1.165) is 77.6 Å². The monoisotopic (exact) mass is 616 g/mol. The van der Waals surface area contributed by atoms with E-state index in [1.165, 1.54) is 27.6 Å². The van der Waals surface area contributed by atoms with Crippen LogP contribution in [0.1, 0.15) is 22.9 Å². The summed E-state index contributed by atoms with van der Waals surface area (Å²) in [5.41, 5.74) is 11.2. The fourth-order valence-electron chi connectivity index (χ4n) is 7.77. The summed E-state index contributed by atoms with van der Waals surface area (Å²) in [6.07, 6.45) is 3.03. The Morgan fingerprint density at radius 3 is 1.94 bits per heavy atom. The van der Waals surface area contributed by atoms with Crippen molar-refractivity contribution in [1.29, 1.82) is 0 Å². The fraction of sp³-hybridized carbons (Fsp3) is 0.0238. The van der Waals surface area contributed by atoms with Crippen molar-refractivity contribution < 1.29 is 8.83 Å². The summed E-state index contributed by atoms with van der Waals surface area (Å²) in [6, 6.07) is 42.1. The lowest BCUT2D eigenvalue weighted by Crippen LogP contribution is -2.36. The van der Waals surface area contributed by atoms with Crippen molar-refractivity contribution in [2.45, 2.75) is 6.17 Å². The number of furan rings is 2. The number of hydrogen-bond donors (Lipinski definition) is 1. The van der Waals surface area contributed by atoms with Crippen LogP contribution in [0.15, 0.2) is 153 Å². The van der Waals surface area contributed by atoms with E-state index in [1.807, 2.05) is 48.5 Å². The van der Waals surface area contributed by atoms with Gasteiger partial charge >= 0.3 is 0 Å².